The van der Waals surface area contributed by atoms with E-state index >= 15 is 0 Å². The van der Waals surface area contributed by atoms with Gasteiger partial charge in [0, 0.05) is 18.8 Å². The molecule has 0 aromatic heterocycles. The fraction of sp³-hybridized carbons (Fsp3) is 0.467. The van der Waals surface area contributed by atoms with Gasteiger partial charge in [-0.2, -0.15) is 0 Å². The van der Waals surface area contributed by atoms with E-state index in [1.807, 2.05) is 13.8 Å². The normalized spacial score (nSPS) is 10.3. The van der Waals surface area contributed by atoms with Crippen molar-refractivity contribution in [3.05, 3.63) is 24.3 Å². The quantitative estimate of drug-likeness (QED) is 0.608. The molecule has 0 aliphatic rings. The number of rotatable bonds is 7. The van der Waals surface area contributed by atoms with Gasteiger partial charge in [0.05, 0.1) is 13.0 Å². The van der Waals surface area contributed by atoms with E-state index in [2.05, 4.69) is 0 Å². The van der Waals surface area contributed by atoms with Crippen LogP contribution in [-0.4, -0.2) is 43.1 Å². The number of hydrogen-bond donors (Lipinski definition) is 1. The standard InChI is InChI=1S/C15H22N2O4/c1-11(2)17(3)14(18)10-21-15(19)8-9-20-13-6-4-12(16)5-7-13/h4-7,11H,8-10,16H2,1-3H3. The average Bonchev–Trinajstić information content (AvgIpc) is 2.46. The number of carbonyl (C=O) groups excluding carboxylic acids is 2. The Balaban J connectivity index is 2.22. The Morgan fingerprint density at radius 3 is 2.43 bits per heavy atom. The molecule has 6 heteroatoms. The molecule has 6 nitrogen and oxygen atoms in total. The molecule has 0 heterocycles. The molecular formula is C15H22N2O4. The maximum atomic E-state index is 11.6. The molecule has 21 heavy (non-hydrogen) atoms. The molecule has 0 atom stereocenters. The number of hydrogen-bond acceptors (Lipinski definition) is 5. The second-order valence-corrected chi connectivity index (χ2v) is 4.93. The molecule has 0 aliphatic heterocycles. The first-order valence-corrected chi connectivity index (χ1v) is 6.79. The molecule has 0 saturated carbocycles. The van der Waals surface area contributed by atoms with Gasteiger partial charge in [0.25, 0.3) is 5.91 Å². The zero-order valence-electron chi connectivity index (χ0n) is 12.7. The van der Waals surface area contributed by atoms with Gasteiger partial charge in [-0.25, -0.2) is 0 Å². The van der Waals surface area contributed by atoms with E-state index in [1.54, 1.807) is 31.3 Å². The van der Waals surface area contributed by atoms with Gasteiger partial charge >= 0.3 is 5.97 Å². The van der Waals surface area contributed by atoms with Gasteiger partial charge < -0.3 is 20.1 Å². The predicted octanol–water partition coefficient (Wildman–Crippen LogP) is 1.45. The van der Waals surface area contributed by atoms with Crippen LogP contribution in [0, 0.1) is 0 Å². The molecule has 2 N–H and O–H groups in total. The Labute approximate surface area is 124 Å². The van der Waals surface area contributed by atoms with Crippen LogP contribution < -0.4 is 10.5 Å². The molecule has 0 unspecified atom stereocenters. The summed E-state index contributed by atoms with van der Waals surface area (Å²) < 4.78 is 10.3. The second-order valence-electron chi connectivity index (χ2n) is 4.93. The molecule has 0 radical (unpaired) electrons. The predicted molar refractivity (Wildman–Crippen MR) is 79.8 cm³/mol. The van der Waals surface area contributed by atoms with E-state index in [1.165, 1.54) is 4.90 Å². The number of benzene rings is 1. The van der Waals surface area contributed by atoms with Crippen molar-refractivity contribution in [3.8, 4) is 5.75 Å². The topological polar surface area (TPSA) is 81.9 Å². The third-order valence-corrected chi connectivity index (χ3v) is 2.98. The smallest absolute Gasteiger partial charge is 0.309 e. The highest BCUT2D eigenvalue weighted by Crippen LogP contribution is 2.13. The molecule has 0 fully saturated rings. The van der Waals surface area contributed by atoms with E-state index in [-0.39, 0.29) is 31.6 Å². The van der Waals surface area contributed by atoms with Gasteiger partial charge in [-0.15, -0.1) is 0 Å². The van der Waals surface area contributed by atoms with Gasteiger partial charge in [0.2, 0.25) is 0 Å². The number of nitrogens with two attached hydrogens (primary N) is 1. The van der Waals surface area contributed by atoms with Gasteiger partial charge in [-0.1, -0.05) is 0 Å². The number of likely N-dealkylation sites (N-methyl/N-ethyl adjacent to an activating group) is 1. The Bertz CT molecular complexity index is 471. The second kappa shape index (κ2) is 8.14. The SMILES string of the molecule is CC(C)N(C)C(=O)COC(=O)CCOc1ccc(N)cc1. The average molecular weight is 294 g/mol. The van der Waals surface area contributed by atoms with Crippen molar-refractivity contribution >= 4 is 17.6 Å². The van der Waals surface area contributed by atoms with Crippen LogP contribution in [0.1, 0.15) is 20.3 Å². The van der Waals surface area contributed by atoms with Crippen LogP contribution in [0.3, 0.4) is 0 Å². The maximum Gasteiger partial charge on any atom is 0.309 e. The van der Waals surface area contributed by atoms with Gasteiger partial charge in [-0.3, -0.25) is 9.59 Å². The monoisotopic (exact) mass is 294 g/mol. The number of ether oxygens (including phenoxy) is 2. The fourth-order valence-corrected chi connectivity index (χ4v) is 1.42. The van der Waals surface area contributed by atoms with Crippen molar-refractivity contribution in [1.82, 2.24) is 4.90 Å². The minimum absolute atomic E-state index is 0.0741. The summed E-state index contributed by atoms with van der Waals surface area (Å²) in [6, 6.07) is 6.95. The van der Waals surface area contributed by atoms with Crippen LogP contribution >= 0.6 is 0 Å². The summed E-state index contributed by atoms with van der Waals surface area (Å²) in [5, 5.41) is 0. The first kappa shape index (κ1) is 16.8. The molecule has 1 aromatic carbocycles. The zero-order chi connectivity index (χ0) is 15.8. The number of nitrogen functional groups attached to an aromatic ring is 1. The van der Waals surface area contributed by atoms with E-state index in [0.29, 0.717) is 11.4 Å². The highest BCUT2D eigenvalue weighted by atomic mass is 16.5. The van der Waals surface area contributed by atoms with Crippen molar-refractivity contribution in [3.63, 3.8) is 0 Å². The van der Waals surface area contributed by atoms with E-state index in [0.717, 1.165) is 0 Å². The summed E-state index contributed by atoms with van der Waals surface area (Å²) in [5.74, 6) is -0.0543. The number of esters is 1. The van der Waals surface area contributed by atoms with Gasteiger partial charge in [0.15, 0.2) is 6.61 Å². The minimum Gasteiger partial charge on any atom is -0.493 e. The Hall–Kier alpha value is -2.24. The zero-order valence-corrected chi connectivity index (χ0v) is 12.7. The lowest BCUT2D eigenvalue weighted by Gasteiger charge is -2.21. The Morgan fingerprint density at radius 2 is 1.86 bits per heavy atom. The van der Waals surface area contributed by atoms with Crippen LogP contribution in [0.5, 0.6) is 5.75 Å². The molecule has 0 aliphatic carbocycles. The van der Waals surface area contributed by atoms with Crippen LogP contribution in [0.15, 0.2) is 24.3 Å². The highest BCUT2D eigenvalue weighted by molar-refractivity contribution is 5.80. The lowest BCUT2D eigenvalue weighted by Crippen LogP contribution is -2.36. The van der Waals surface area contributed by atoms with E-state index in [4.69, 9.17) is 15.2 Å². The van der Waals surface area contributed by atoms with Crippen molar-refractivity contribution in [1.29, 1.82) is 0 Å². The number of amides is 1. The lowest BCUT2D eigenvalue weighted by molar-refractivity contribution is -0.152. The van der Waals surface area contributed by atoms with Gasteiger partial charge in [0.1, 0.15) is 5.75 Å². The van der Waals surface area contributed by atoms with Crippen LogP contribution in [-0.2, 0) is 14.3 Å². The summed E-state index contributed by atoms with van der Waals surface area (Å²) in [6.07, 6.45) is 0.0864. The van der Waals surface area contributed by atoms with E-state index < -0.39 is 5.97 Å². The Morgan fingerprint density at radius 1 is 1.24 bits per heavy atom. The summed E-state index contributed by atoms with van der Waals surface area (Å²) >= 11 is 0. The maximum absolute atomic E-state index is 11.6. The van der Waals surface area contributed by atoms with Crippen LogP contribution in [0.25, 0.3) is 0 Å². The molecule has 0 bridgehead atoms. The van der Waals surface area contributed by atoms with Crippen LogP contribution in [0.2, 0.25) is 0 Å². The van der Waals surface area contributed by atoms with Gasteiger partial charge in [-0.05, 0) is 38.1 Å². The number of anilines is 1. The number of nitrogens with zero attached hydrogens (tertiary/aromatic N) is 1. The van der Waals surface area contributed by atoms with Crippen molar-refractivity contribution in [2.75, 3.05) is 26.0 Å². The molecule has 1 aromatic rings. The number of carbonyl (C=O) groups is 2. The summed E-state index contributed by atoms with van der Waals surface area (Å²) in [6.45, 7) is 3.73. The third kappa shape index (κ3) is 6.16. The summed E-state index contributed by atoms with van der Waals surface area (Å²) in [7, 11) is 1.67. The minimum atomic E-state index is -0.462. The molecule has 1 amide bonds. The molecular weight excluding hydrogens is 272 g/mol. The third-order valence-electron chi connectivity index (χ3n) is 2.98. The molecule has 0 saturated heterocycles. The molecule has 1 rings (SSSR count). The van der Waals surface area contributed by atoms with Crippen molar-refractivity contribution in [2.24, 2.45) is 0 Å². The van der Waals surface area contributed by atoms with Crippen molar-refractivity contribution < 1.29 is 19.1 Å². The fourth-order valence-electron chi connectivity index (χ4n) is 1.42. The lowest BCUT2D eigenvalue weighted by atomic mass is 10.3. The first-order valence-electron chi connectivity index (χ1n) is 6.79. The highest BCUT2D eigenvalue weighted by Gasteiger charge is 2.14. The van der Waals surface area contributed by atoms with Crippen molar-refractivity contribution in [2.45, 2.75) is 26.3 Å². The summed E-state index contributed by atoms with van der Waals surface area (Å²) in [5.41, 5.74) is 6.20. The molecule has 0 spiro atoms. The largest absolute Gasteiger partial charge is 0.493 e. The molecule has 116 valence electrons. The van der Waals surface area contributed by atoms with E-state index in [9.17, 15) is 9.59 Å². The summed E-state index contributed by atoms with van der Waals surface area (Å²) in [4.78, 5) is 24.6. The van der Waals surface area contributed by atoms with Crippen LogP contribution in [0.4, 0.5) is 5.69 Å². The first-order chi connectivity index (χ1) is 9.90. The Kier molecular flexibility index (Phi) is 6.52.